The number of aryl methyl sites for hydroxylation is 1. The number of benzene rings is 2. The lowest BCUT2D eigenvalue weighted by Crippen LogP contribution is -2.44. The van der Waals surface area contributed by atoms with Gasteiger partial charge in [-0.1, -0.05) is 41.6 Å². The molecule has 0 atom stereocenters. The smallest absolute Gasteiger partial charge is 0.267 e. The maximum absolute atomic E-state index is 13.0. The highest BCUT2D eigenvalue weighted by atomic mass is 32.2. The summed E-state index contributed by atoms with van der Waals surface area (Å²) in [5.41, 5.74) is 4.66. The molecule has 3 rings (SSSR count). The summed E-state index contributed by atoms with van der Waals surface area (Å²) < 4.78 is 13.2. The van der Waals surface area contributed by atoms with Crippen LogP contribution < -0.4 is 5.43 Å². The molecule has 2 aromatic rings. The number of rotatable bonds is 3. The molecule has 126 valence electrons. The molecule has 7 heteroatoms. The van der Waals surface area contributed by atoms with Gasteiger partial charge in [-0.2, -0.15) is 5.01 Å². The number of nitrogens with one attached hydrogen (secondary N) is 1. The van der Waals surface area contributed by atoms with Crippen LogP contribution in [-0.2, 0) is 4.79 Å². The van der Waals surface area contributed by atoms with Crippen LogP contribution in [0.25, 0.3) is 6.08 Å². The lowest BCUT2D eigenvalue weighted by Gasteiger charge is -2.15. The van der Waals surface area contributed by atoms with E-state index in [9.17, 15) is 14.0 Å². The molecular formula is C18H13FN2O2S2. The van der Waals surface area contributed by atoms with Crippen LogP contribution in [0.4, 0.5) is 4.39 Å². The number of carbonyl (C=O) groups excluding carboxylic acids is 2. The fourth-order valence-electron chi connectivity index (χ4n) is 2.15. The molecule has 1 heterocycles. The molecule has 0 spiro atoms. The Balaban J connectivity index is 1.76. The summed E-state index contributed by atoms with van der Waals surface area (Å²) in [5.74, 6) is -1.19. The van der Waals surface area contributed by atoms with E-state index < -0.39 is 11.8 Å². The fourth-order valence-corrected chi connectivity index (χ4v) is 3.32. The summed E-state index contributed by atoms with van der Waals surface area (Å²) in [6.45, 7) is 1.92. The number of carbonyl (C=O) groups is 2. The normalized spacial score (nSPS) is 15.8. The third kappa shape index (κ3) is 3.94. The summed E-state index contributed by atoms with van der Waals surface area (Å²) >= 11 is 6.25. The van der Waals surface area contributed by atoms with Crippen molar-refractivity contribution in [3.05, 3.63) is 75.9 Å². The molecule has 1 fully saturated rings. The third-order valence-corrected chi connectivity index (χ3v) is 4.79. The lowest BCUT2D eigenvalue weighted by molar-refractivity contribution is -0.123. The van der Waals surface area contributed by atoms with Crippen LogP contribution in [0.1, 0.15) is 21.5 Å². The molecule has 0 aromatic heterocycles. The van der Waals surface area contributed by atoms with E-state index in [-0.39, 0.29) is 10.1 Å². The molecule has 0 radical (unpaired) electrons. The molecule has 0 aliphatic carbocycles. The SMILES string of the molecule is Cc1ccc(C(=O)NN2C(=O)/C(=C/c3ccc(F)cc3)SC2=S)cc1. The van der Waals surface area contributed by atoms with E-state index in [1.54, 1.807) is 30.3 Å². The van der Waals surface area contributed by atoms with Gasteiger partial charge in [0.2, 0.25) is 0 Å². The quantitative estimate of drug-likeness (QED) is 0.660. The van der Waals surface area contributed by atoms with E-state index in [4.69, 9.17) is 12.2 Å². The van der Waals surface area contributed by atoms with Gasteiger partial charge in [-0.3, -0.25) is 15.0 Å². The van der Waals surface area contributed by atoms with Crippen molar-refractivity contribution in [1.82, 2.24) is 10.4 Å². The minimum absolute atomic E-state index is 0.235. The third-order valence-electron chi connectivity index (χ3n) is 3.49. The molecule has 0 unspecified atom stereocenters. The van der Waals surface area contributed by atoms with Crippen molar-refractivity contribution in [2.45, 2.75) is 6.92 Å². The van der Waals surface area contributed by atoms with Crippen molar-refractivity contribution in [3.63, 3.8) is 0 Å². The second-order valence-corrected chi connectivity index (χ2v) is 7.05. The van der Waals surface area contributed by atoms with Gasteiger partial charge in [-0.15, -0.1) is 0 Å². The average Bonchev–Trinajstić information content (AvgIpc) is 2.85. The molecule has 1 aliphatic heterocycles. The van der Waals surface area contributed by atoms with Gasteiger partial charge < -0.3 is 0 Å². The van der Waals surface area contributed by atoms with E-state index in [1.165, 1.54) is 12.1 Å². The van der Waals surface area contributed by atoms with Crippen molar-refractivity contribution in [2.75, 3.05) is 0 Å². The molecule has 4 nitrogen and oxygen atoms in total. The maximum atomic E-state index is 13.0. The number of hydrogen-bond donors (Lipinski definition) is 1. The summed E-state index contributed by atoms with van der Waals surface area (Å²) in [5, 5.41) is 1.05. The van der Waals surface area contributed by atoms with Gasteiger partial charge in [-0.05, 0) is 55.0 Å². The zero-order valence-corrected chi connectivity index (χ0v) is 14.8. The molecule has 1 aliphatic rings. The van der Waals surface area contributed by atoms with E-state index in [1.807, 2.05) is 19.1 Å². The number of hydrazine groups is 1. The predicted octanol–water partition coefficient (Wildman–Crippen LogP) is 3.68. The van der Waals surface area contributed by atoms with Crippen LogP contribution in [0.3, 0.4) is 0 Å². The Morgan fingerprint density at radius 2 is 1.80 bits per heavy atom. The number of nitrogens with zero attached hydrogens (tertiary/aromatic N) is 1. The number of thioether (sulfide) groups is 1. The largest absolute Gasteiger partial charge is 0.285 e. The number of hydrogen-bond acceptors (Lipinski definition) is 4. The van der Waals surface area contributed by atoms with Crippen LogP contribution >= 0.6 is 24.0 Å². The second-order valence-electron chi connectivity index (χ2n) is 5.38. The molecule has 1 saturated heterocycles. The van der Waals surface area contributed by atoms with Gasteiger partial charge in [0.1, 0.15) is 5.82 Å². The first-order chi connectivity index (χ1) is 11.9. The zero-order valence-electron chi connectivity index (χ0n) is 13.2. The molecule has 2 aromatic carbocycles. The summed E-state index contributed by atoms with van der Waals surface area (Å²) in [6.07, 6.45) is 1.61. The molecule has 1 N–H and O–H groups in total. The molecule has 0 bridgehead atoms. The Hall–Kier alpha value is -2.51. The summed E-state index contributed by atoms with van der Waals surface area (Å²) in [7, 11) is 0. The van der Waals surface area contributed by atoms with Gasteiger partial charge >= 0.3 is 0 Å². The first-order valence-electron chi connectivity index (χ1n) is 7.35. The topological polar surface area (TPSA) is 49.4 Å². The Morgan fingerprint density at radius 3 is 2.44 bits per heavy atom. The molecular weight excluding hydrogens is 359 g/mol. The number of halogens is 1. The Kier molecular flexibility index (Phi) is 4.96. The lowest BCUT2D eigenvalue weighted by atomic mass is 10.1. The minimum Gasteiger partial charge on any atom is -0.267 e. The summed E-state index contributed by atoms with van der Waals surface area (Å²) in [4.78, 5) is 25.1. The van der Waals surface area contributed by atoms with Gasteiger partial charge in [-0.25, -0.2) is 4.39 Å². The molecule has 0 saturated carbocycles. The fraction of sp³-hybridized carbons (Fsp3) is 0.0556. The highest BCUT2D eigenvalue weighted by molar-refractivity contribution is 8.26. The standard InChI is InChI=1S/C18H13FN2O2S2/c1-11-2-6-13(7-3-11)16(22)20-21-17(23)15(25-18(21)24)10-12-4-8-14(19)9-5-12/h2-10H,1H3,(H,20,22)/b15-10-. The van der Waals surface area contributed by atoms with Crippen molar-refractivity contribution in [3.8, 4) is 0 Å². The van der Waals surface area contributed by atoms with Crippen molar-refractivity contribution < 1.29 is 14.0 Å². The van der Waals surface area contributed by atoms with Crippen LogP contribution in [0, 0.1) is 12.7 Å². The average molecular weight is 372 g/mol. The maximum Gasteiger partial charge on any atom is 0.285 e. The van der Waals surface area contributed by atoms with E-state index >= 15 is 0 Å². The van der Waals surface area contributed by atoms with Gasteiger partial charge in [0, 0.05) is 5.56 Å². The Labute approximate surface area is 153 Å². The number of thiocarbonyl (C=S) groups is 1. The molecule has 2 amide bonds. The van der Waals surface area contributed by atoms with E-state index in [2.05, 4.69) is 5.43 Å². The van der Waals surface area contributed by atoms with Crippen LogP contribution in [0.5, 0.6) is 0 Å². The van der Waals surface area contributed by atoms with Crippen LogP contribution in [-0.4, -0.2) is 21.1 Å². The highest BCUT2D eigenvalue weighted by Crippen LogP contribution is 2.31. The Morgan fingerprint density at radius 1 is 1.16 bits per heavy atom. The van der Waals surface area contributed by atoms with E-state index in [0.29, 0.717) is 16.0 Å². The van der Waals surface area contributed by atoms with Gasteiger partial charge in [0.05, 0.1) is 4.91 Å². The number of amides is 2. The zero-order chi connectivity index (χ0) is 18.0. The Bertz CT molecular complexity index is 877. The first-order valence-corrected chi connectivity index (χ1v) is 8.58. The summed E-state index contributed by atoms with van der Waals surface area (Å²) in [6, 6.07) is 12.7. The van der Waals surface area contributed by atoms with Gasteiger partial charge in [0.15, 0.2) is 4.32 Å². The first kappa shape index (κ1) is 17.3. The minimum atomic E-state index is -0.417. The van der Waals surface area contributed by atoms with Crippen molar-refractivity contribution in [2.24, 2.45) is 0 Å². The van der Waals surface area contributed by atoms with Crippen molar-refractivity contribution >= 4 is 46.2 Å². The van der Waals surface area contributed by atoms with Crippen LogP contribution in [0.15, 0.2) is 53.4 Å². The van der Waals surface area contributed by atoms with Gasteiger partial charge in [0.25, 0.3) is 11.8 Å². The van der Waals surface area contributed by atoms with Crippen molar-refractivity contribution in [1.29, 1.82) is 0 Å². The molecule has 25 heavy (non-hydrogen) atoms. The predicted molar refractivity (Wildman–Crippen MR) is 100 cm³/mol. The van der Waals surface area contributed by atoms with E-state index in [0.717, 1.165) is 22.3 Å². The monoisotopic (exact) mass is 372 g/mol. The second kappa shape index (κ2) is 7.16. The van der Waals surface area contributed by atoms with Crippen LogP contribution in [0.2, 0.25) is 0 Å². The highest BCUT2D eigenvalue weighted by Gasteiger charge is 2.33.